The van der Waals surface area contributed by atoms with Crippen molar-refractivity contribution in [3.63, 3.8) is 0 Å². The van der Waals surface area contributed by atoms with Crippen LogP contribution < -0.4 is 9.64 Å². The number of hydrogen-bond acceptors (Lipinski definition) is 5. The van der Waals surface area contributed by atoms with E-state index in [4.69, 9.17) is 4.74 Å². The second kappa shape index (κ2) is 9.69. The third-order valence-corrected chi connectivity index (χ3v) is 5.41. The predicted molar refractivity (Wildman–Crippen MR) is 128 cm³/mol. The van der Waals surface area contributed by atoms with Crippen LogP contribution in [0, 0.1) is 5.92 Å². The van der Waals surface area contributed by atoms with Crippen LogP contribution in [-0.2, 0) is 16.1 Å². The summed E-state index contributed by atoms with van der Waals surface area (Å²) in [5.41, 5.74) is 3.03. The van der Waals surface area contributed by atoms with E-state index in [1.54, 1.807) is 23.4 Å². The molecule has 4 rings (SSSR count). The molecule has 1 aromatic heterocycles. The average molecular weight is 442 g/mol. The lowest BCUT2D eigenvalue weighted by Gasteiger charge is -2.21. The van der Waals surface area contributed by atoms with Crippen LogP contribution in [0.3, 0.4) is 0 Å². The standard InChI is InChI=1S/C27H27N3O3/c1-19(2)18-33-23-13-11-21(12-14-23)24-25(29(3)22-9-5-4-6-10-22)27(32)30(26(24)31)17-20-8-7-15-28-16-20/h4-16,19H,17-18H2,1-3H3. The topological polar surface area (TPSA) is 62.7 Å². The number of imide groups is 1. The summed E-state index contributed by atoms with van der Waals surface area (Å²) in [6, 6.07) is 20.5. The quantitative estimate of drug-likeness (QED) is 0.481. The molecule has 3 aromatic rings. The van der Waals surface area contributed by atoms with Gasteiger partial charge in [-0.2, -0.15) is 0 Å². The number of likely N-dealkylation sites (N-methyl/N-ethyl adjacent to an activating group) is 1. The van der Waals surface area contributed by atoms with Crippen LogP contribution in [0.5, 0.6) is 5.75 Å². The smallest absolute Gasteiger partial charge is 0.278 e. The van der Waals surface area contributed by atoms with Crippen molar-refractivity contribution in [2.24, 2.45) is 5.92 Å². The molecule has 2 amide bonds. The van der Waals surface area contributed by atoms with Gasteiger partial charge in [0.1, 0.15) is 11.4 Å². The Morgan fingerprint density at radius 1 is 0.939 bits per heavy atom. The number of anilines is 1. The van der Waals surface area contributed by atoms with Crippen LogP contribution in [0.25, 0.3) is 5.57 Å². The number of ether oxygens (including phenoxy) is 1. The number of carbonyl (C=O) groups excluding carboxylic acids is 2. The van der Waals surface area contributed by atoms with E-state index in [9.17, 15) is 9.59 Å². The number of hydrogen-bond donors (Lipinski definition) is 0. The molecule has 0 spiro atoms. The third-order valence-electron chi connectivity index (χ3n) is 5.41. The molecule has 0 saturated heterocycles. The van der Waals surface area contributed by atoms with Crippen molar-refractivity contribution in [1.29, 1.82) is 0 Å². The number of rotatable bonds is 8. The number of nitrogens with zero attached hydrogens (tertiary/aromatic N) is 3. The van der Waals surface area contributed by atoms with Gasteiger partial charge in [0.15, 0.2) is 0 Å². The molecule has 0 bridgehead atoms. The van der Waals surface area contributed by atoms with Gasteiger partial charge < -0.3 is 9.64 Å². The Kier molecular flexibility index (Phi) is 6.54. The van der Waals surface area contributed by atoms with E-state index < -0.39 is 0 Å². The molecule has 6 nitrogen and oxygen atoms in total. The molecule has 6 heteroatoms. The highest BCUT2D eigenvalue weighted by Gasteiger charge is 2.41. The van der Waals surface area contributed by atoms with Crippen LogP contribution in [0.15, 0.2) is 84.8 Å². The van der Waals surface area contributed by atoms with E-state index in [1.165, 1.54) is 4.90 Å². The highest BCUT2D eigenvalue weighted by molar-refractivity contribution is 6.36. The van der Waals surface area contributed by atoms with Gasteiger partial charge >= 0.3 is 0 Å². The summed E-state index contributed by atoms with van der Waals surface area (Å²) in [7, 11) is 1.81. The second-order valence-corrected chi connectivity index (χ2v) is 8.41. The number of pyridine rings is 1. The molecular weight excluding hydrogens is 414 g/mol. The number of benzene rings is 2. The van der Waals surface area contributed by atoms with E-state index >= 15 is 0 Å². The Balaban J connectivity index is 1.72. The Hall–Kier alpha value is -3.93. The highest BCUT2D eigenvalue weighted by atomic mass is 16.5. The number of aromatic nitrogens is 1. The first-order valence-electron chi connectivity index (χ1n) is 11.0. The van der Waals surface area contributed by atoms with Gasteiger partial charge in [0.05, 0.1) is 18.7 Å². The lowest BCUT2D eigenvalue weighted by Crippen LogP contribution is -2.33. The van der Waals surface area contributed by atoms with Gasteiger partial charge in [0.2, 0.25) is 0 Å². The van der Waals surface area contributed by atoms with E-state index in [2.05, 4.69) is 18.8 Å². The molecule has 168 valence electrons. The fourth-order valence-electron chi connectivity index (χ4n) is 3.71. The molecule has 0 saturated carbocycles. The van der Waals surface area contributed by atoms with Gasteiger partial charge in [0, 0.05) is 25.1 Å². The van der Waals surface area contributed by atoms with Gasteiger partial charge in [-0.1, -0.05) is 50.2 Å². The van der Waals surface area contributed by atoms with Gasteiger partial charge in [-0.15, -0.1) is 0 Å². The molecular formula is C27H27N3O3. The minimum Gasteiger partial charge on any atom is -0.493 e. The van der Waals surface area contributed by atoms with E-state index in [1.807, 2.05) is 67.7 Å². The lowest BCUT2D eigenvalue weighted by atomic mass is 10.0. The van der Waals surface area contributed by atoms with E-state index in [-0.39, 0.29) is 18.4 Å². The summed E-state index contributed by atoms with van der Waals surface area (Å²) < 4.78 is 5.78. The van der Waals surface area contributed by atoms with Gasteiger partial charge in [-0.3, -0.25) is 19.5 Å². The molecule has 0 atom stereocenters. The average Bonchev–Trinajstić information content (AvgIpc) is 3.08. The van der Waals surface area contributed by atoms with Crippen molar-refractivity contribution >= 4 is 23.1 Å². The third kappa shape index (κ3) is 4.80. The Labute approximate surface area is 194 Å². The van der Waals surface area contributed by atoms with Crippen molar-refractivity contribution < 1.29 is 14.3 Å². The van der Waals surface area contributed by atoms with Crippen molar-refractivity contribution in [2.45, 2.75) is 20.4 Å². The first kappa shape index (κ1) is 22.3. The summed E-state index contributed by atoms with van der Waals surface area (Å²) in [6.07, 6.45) is 3.33. The fourth-order valence-corrected chi connectivity index (χ4v) is 3.71. The normalized spacial score (nSPS) is 13.8. The fraction of sp³-hybridized carbons (Fsp3) is 0.222. The first-order chi connectivity index (χ1) is 16.0. The Morgan fingerprint density at radius 3 is 2.30 bits per heavy atom. The zero-order valence-corrected chi connectivity index (χ0v) is 19.1. The summed E-state index contributed by atoms with van der Waals surface area (Å²) in [4.78, 5) is 34.2. The van der Waals surface area contributed by atoms with Gasteiger partial charge in [-0.05, 0) is 47.4 Å². The maximum Gasteiger partial charge on any atom is 0.278 e. The minimum atomic E-state index is -0.328. The van der Waals surface area contributed by atoms with Crippen molar-refractivity contribution in [2.75, 3.05) is 18.6 Å². The summed E-state index contributed by atoms with van der Waals surface area (Å²) in [5.74, 6) is 0.492. The van der Waals surface area contributed by atoms with Crippen molar-refractivity contribution in [1.82, 2.24) is 9.88 Å². The van der Waals surface area contributed by atoms with Crippen LogP contribution in [0.4, 0.5) is 5.69 Å². The lowest BCUT2D eigenvalue weighted by molar-refractivity contribution is -0.137. The molecule has 2 heterocycles. The zero-order valence-electron chi connectivity index (χ0n) is 19.1. The molecule has 0 N–H and O–H groups in total. The summed E-state index contributed by atoms with van der Waals surface area (Å²) in [6.45, 7) is 4.95. The predicted octanol–water partition coefficient (Wildman–Crippen LogP) is 4.53. The van der Waals surface area contributed by atoms with Crippen molar-refractivity contribution in [3.05, 3.63) is 95.9 Å². The SMILES string of the molecule is CC(C)COc1ccc(C2=C(N(C)c3ccccc3)C(=O)N(Cc3cccnc3)C2=O)cc1. The zero-order chi connectivity index (χ0) is 23.4. The summed E-state index contributed by atoms with van der Waals surface area (Å²) >= 11 is 0. The van der Waals surface area contributed by atoms with Crippen LogP contribution in [-0.4, -0.2) is 35.4 Å². The van der Waals surface area contributed by atoms with Gasteiger partial charge in [-0.25, -0.2) is 0 Å². The Morgan fingerprint density at radius 2 is 1.67 bits per heavy atom. The monoisotopic (exact) mass is 441 g/mol. The van der Waals surface area contributed by atoms with Crippen LogP contribution >= 0.6 is 0 Å². The molecule has 0 unspecified atom stereocenters. The maximum absolute atomic E-state index is 13.5. The van der Waals surface area contributed by atoms with Crippen LogP contribution in [0.1, 0.15) is 25.0 Å². The molecule has 1 aliphatic heterocycles. The molecule has 2 aromatic carbocycles. The number of amides is 2. The second-order valence-electron chi connectivity index (χ2n) is 8.41. The molecule has 0 aliphatic carbocycles. The largest absolute Gasteiger partial charge is 0.493 e. The maximum atomic E-state index is 13.5. The molecule has 33 heavy (non-hydrogen) atoms. The molecule has 1 aliphatic rings. The molecule has 0 fully saturated rings. The highest BCUT2D eigenvalue weighted by Crippen LogP contribution is 2.34. The molecule has 0 radical (unpaired) electrons. The van der Waals surface area contributed by atoms with E-state index in [0.717, 1.165) is 17.0 Å². The summed E-state index contributed by atoms with van der Waals surface area (Å²) in [5, 5.41) is 0. The Bertz CT molecular complexity index is 1160. The minimum absolute atomic E-state index is 0.163. The number of para-hydroxylation sites is 1. The van der Waals surface area contributed by atoms with E-state index in [0.29, 0.717) is 29.4 Å². The first-order valence-corrected chi connectivity index (χ1v) is 11.0. The van der Waals surface area contributed by atoms with Crippen LogP contribution in [0.2, 0.25) is 0 Å². The van der Waals surface area contributed by atoms with Crippen molar-refractivity contribution in [3.8, 4) is 5.75 Å². The number of carbonyl (C=O) groups is 2. The van der Waals surface area contributed by atoms with Gasteiger partial charge in [0.25, 0.3) is 11.8 Å².